The highest BCUT2D eigenvalue weighted by Gasteiger charge is 2.50. The van der Waals surface area contributed by atoms with Crippen LogP contribution in [0.1, 0.15) is 12.0 Å². The Labute approximate surface area is 146 Å². The predicted octanol–water partition coefficient (Wildman–Crippen LogP) is 1.50. The Morgan fingerprint density at radius 1 is 1.28 bits per heavy atom. The van der Waals surface area contributed by atoms with E-state index in [0.29, 0.717) is 26.2 Å². The van der Waals surface area contributed by atoms with Gasteiger partial charge < -0.3 is 29.2 Å². The van der Waals surface area contributed by atoms with Gasteiger partial charge in [0.05, 0.1) is 32.9 Å². The summed E-state index contributed by atoms with van der Waals surface area (Å²) in [7, 11) is 1.33. The number of methoxy groups -OCH3 is 1. The van der Waals surface area contributed by atoms with Gasteiger partial charge in [-0.3, -0.25) is 0 Å². The first-order valence-electron chi connectivity index (χ1n) is 8.21. The number of amides is 2. The highest BCUT2D eigenvalue weighted by molar-refractivity contribution is 5.69. The zero-order valence-electron chi connectivity index (χ0n) is 14.1. The van der Waals surface area contributed by atoms with Crippen molar-refractivity contribution < 1.29 is 28.5 Å². The van der Waals surface area contributed by atoms with Crippen molar-refractivity contribution in [2.24, 2.45) is 0 Å². The molecule has 0 bridgehead atoms. The third-order valence-electron chi connectivity index (χ3n) is 4.34. The lowest BCUT2D eigenvalue weighted by Crippen LogP contribution is -2.64. The number of hydrogen-bond acceptors (Lipinski definition) is 6. The second-order valence-corrected chi connectivity index (χ2v) is 5.95. The van der Waals surface area contributed by atoms with Crippen molar-refractivity contribution in [1.82, 2.24) is 10.2 Å². The third kappa shape index (κ3) is 4.02. The van der Waals surface area contributed by atoms with Crippen molar-refractivity contribution in [3.05, 3.63) is 35.9 Å². The van der Waals surface area contributed by atoms with Gasteiger partial charge in [-0.2, -0.15) is 0 Å². The molecule has 2 saturated heterocycles. The summed E-state index contributed by atoms with van der Waals surface area (Å²) in [6, 6.07) is 9.03. The Bertz CT molecular complexity index is 602. The van der Waals surface area contributed by atoms with Gasteiger partial charge in [0.2, 0.25) is 5.79 Å². The highest BCUT2D eigenvalue weighted by Crippen LogP contribution is 2.31. The molecule has 2 fully saturated rings. The molecule has 2 amide bonds. The first kappa shape index (κ1) is 17.5. The fraction of sp³-hybridized carbons (Fsp3) is 0.529. The van der Waals surface area contributed by atoms with E-state index in [9.17, 15) is 9.59 Å². The summed E-state index contributed by atoms with van der Waals surface area (Å²) < 4.78 is 21.5. The number of carbonyl (C=O) groups is 2. The molecule has 1 aromatic carbocycles. The minimum atomic E-state index is -1.06. The van der Waals surface area contributed by atoms with E-state index < -0.39 is 24.0 Å². The number of hydrogen-bond donors (Lipinski definition) is 1. The smallest absolute Gasteiger partial charge is 0.409 e. The molecule has 136 valence electrons. The molecule has 1 N–H and O–H groups in total. The molecule has 0 aromatic heterocycles. The van der Waals surface area contributed by atoms with E-state index in [2.05, 4.69) is 5.32 Å². The first-order chi connectivity index (χ1) is 12.1. The third-order valence-corrected chi connectivity index (χ3v) is 4.34. The lowest BCUT2D eigenvalue weighted by atomic mass is 9.98. The van der Waals surface area contributed by atoms with E-state index >= 15 is 0 Å². The number of nitrogens with one attached hydrogen (secondary N) is 1. The maximum absolute atomic E-state index is 12.1. The monoisotopic (exact) mass is 350 g/mol. The van der Waals surface area contributed by atoms with Crippen LogP contribution in [-0.4, -0.2) is 62.3 Å². The van der Waals surface area contributed by atoms with Crippen molar-refractivity contribution in [3.8, 4) is 0 Å². The summed E-state index contributed by atoms with van der Waals surface area (Å²) in [6.45, 7) is 1.63. The molecule has 0 radical (unpaired) electrons. The molecule has 1 spiro atoms. The average Bonchev–Trinajstić information content (AvgIpc) is 3.11. The molecule has 0 saturated carbocycles. The number of rotatable bonds is 3. The summed E-state index contributed by atoms with van der Waals surface area (Å²) in [5.41, 5.74) is 0.904. The minimum absolute atomic E-state index is 0.183. The maximum atomic E-state index is 12.1. The second-order valence-electron chi connectivity index (χ2n) is 5.95. The summed E-state index contributed by atoms with van der Waals surface area (Å²) in [4.78, 5) is 25.4. The normalized spacial score (nSPS) is 21.8. The van der Waals surface area contributed by atoms with Crippen LogP contribution in [0.15, 0.2) is 30.3 Å². The van der Waals surface area contributed by atoms with Crippen LogP contribution in [-0.2, 0) is 25.6 Å². The maximum Gasteiger partial charge on any atom is 0.409 e. The van der Waals surface area contributed by atoms with Crippen LogP contribution in [0.3, 0.4) is 0 Å². The molecule has 25 heavy (non-hydrogen) atoms. The Morgan fingerprint density at radius 2 is 2.00 bits per heavy atom. The van der Waals surface area contributed by atoms with E-state index in [1.165, 1.54) is 12.0 Å². The molecule has 1 aromatic rings. The number of carbonyl (C=O) groups excluding carboxylic acids is 2. The summed E-state index contributed by atoms with van der Waals surface area (Å²) in [5.74, 6) is -1.06. The van der Waals surface area contributed by atoms with Gasteiger partial charge in [0.15, 0.2) is 0 Å². The number of nitrogens with zero attached hydrogens (tertiary/aromatic N) is 1. The van der Waals surface area contributed by atoms with Gasteiger partial charge in [-0.1, -0.05) is 30.3 Å². The van der Waals surface area contributed by atoms with Crippen molar-refractivity contribution in [3.63, 3.8) is 0 Å². The van der Waals surface area contributed by atoms with E-state index in [0.717, 1.165) is 5.56 Å². The number of alkyl carbamates (subject to hydrolysis) is 1. The van der Waals surface area contributed by atoms with Crippen LogP contribution in [0.5, 0.6) is 0 Å². The van der Waals surface area contributed by atoms with Gasteiger partial charge in [0.25, 0.3) is 0 Å². The zero-order chi connectivity index (χ0) is 17.7. The molecular weight excluding hydrogens is 328 g/mol. The average molecular weight is 350 g/mol. The Kier molecular flexibility index (Phi) is 5.40. The summed E-state index contributed by atoms with van der Waals surface area (Å²) in [6.07, 6.45) is -0.502. The van der Waals surface area contributed by atoms with Gasteiger partial charge in [-0.25, -0.2) is 9.59 Å². The molecule has 8 nitrogen and oxygen atoms in total. The Morgan fingerprint density at radius 3 is 2.68 bits per heavy atom. The largest absolute Gasteiger partial charge is 0.453 e. The fourth-order valence-corrected chi connectivity index (χ4v) is 3.10. The quantitative estimate of drug-likeness (QED) is 0.889. The van der Waals surface area contributed by atoms with Crippen LogP contribution in [0, 0.1) is 0 Å². The van der Waals surface area contributed by atoms with E-state index in [4.69, 9.17) is 18.9 Å². The molecule has 1 unspecified atom stereocenters. The second kappa shape index (κ2) is 7.71. The van der Waals surface area contributed by atoms with Gasteiger partial charge >= 0.3 is 12.2 Å². The fourth-order valence-electron chi connectivity index (χ4n) is 3.10. The Balaban J connectivity index is 1.59. The van der Waals surface area contributed by atoms with E-state index in [-0.39, 0.29) is 13.2 Å². The molecule has 2 aliphatic rings. The molecule has 8 heteroatoms. The molecule has 0 aliphatic carbocycles. The van der Waals surface area contributed by atoms with Crippen LogP contribution in [0.25, 0.3) is 0 Å². The number of benzene rings is 1. The summed E-state index contributed by atoms with van der Waals surface area (Å²) in [5, 5.41) is 2.81. The standard InChI is InChI=1S/C17H22N2O6/c1-22-16(21)19-8-7-14(17(12-19)24-9-10-25-17)18-15(20)23-11-13-5-3-2-4-6-13/h2-6,14H,7-12H2,1H3,(H,18,20). The van der Waals surface area contributed by atoms with Crippen LogP contribution in [0.2, 0.25) is 0 Å². The first-order valence-corrected chi connectivity index (χ1v) is 8.21. The molecule has 3 rings (SSSR count). The van der Waals surface area contributed by atoms with Crippen molar-refractivity contribution >= 4 is 12.2 Å². The zero-order valence-corrected chi connectivity index (χ0v) is 14.1. The SMILES string of the molecule is COC(=O)N1CCC(NC(=O)OCc2ccccc2)C2(C1)OCCO2. The van der Waals surface area contributed by atoms with Gasteiger partial charge in [0.1, 0.15) is 6.61 Å². The van der Waals surface area contributed by atoms with Crippen molar-refractivity contribution in [2.75, 3.05) is 33.4 Å². The highest BCUT2D eigenvalue weighted by atomic mass is 16.7. The molecule has 2 heterocycles. The van der Waals surface area contributed by atoms with Gasteiger partial charge in [0, 0.05) is 6.54 Å². The van der Waals surface area contributed by atoms with Crippen molar-refractivity contribution in [2.45, 2.75) is 24.9 Å². The number of piperidine rings is 1. The molecular formula is C17H22N2O6. The van der Waals surface area contributed by atoms with E-state index in [1.807, 2.05) is 30.3 Å². The number of ether oxygens (including phenoxy) is 4. The molecule has 1 atom stereocenters. The van der Waals surface area contributed by atoms with Gasteiger partial charge in [-0.15, -0.1) is 0 Å². The molecule has 2 aliphatic heterocycles. The van der Waals surface area contributed by atoms with Crippen LogP contribution >= 0.6 is 0 Å². The predicted molar refractivity (Wildman–Crippen MR) is 86.8 cm³/mol. The summed E-state index contributed by atoms with van der Waals surface area (Å²) >= 11 is 0. The van der Waals surface area contributed by atoms with Crippen molar-refractivity contribution in [1.29, 1.82) is 0 Å². The lowest BCUT2D eigenvalue weighted by molar-refractivity contribution is -0.201. The topological polar surface area (TPSA) is 86.3 Å². The van der Waals surface area contributed by atoms with Crippen LogP contribution < -0.4 is 5.32 Å². The van der Waals surface area contributed by atoms with Gasteiger partial charge in [-0.05, 0) is 12.0 Å². The Hall–Kier alpha value is -2.32. The number of likely N-dealkylation sites (tertiary alicyclic amines) is 1. The minimum Gasteiger partial charge on any atom is -0.453 e. The lowest BCUT2D eigenvalue weighted by Gasteiger charge is -2.43. The van der Waals surface area contributed by atoms with Crippen LogP contribution in [0.4, 0.5) is 9.59 Å². The van der Waals surface area contributed by atoms with E-state index in [1.54, 1.807) is 0 Å².